The molecule has 2 N–H and O–H groups in total. The number of carbonyl (C=O) groups is 2. The zero-order chi connectivity index (χ0) is 21.0. The fraction of sp³-hybridized carbons (Fsp3) is 0.100. The van der Waals surface area contributed by atoms with Crippen LogP contribution in [-0.4, -0.2) is 26.0 Å². The minimum absolute atomic E-state index is 0.176. The predicted molar refractivity (Wildman–Crippen MR) is 116 cm³/mol. The molecule has 0 aliphatic rings. The normalized spacial score (nSPS) is 10.3. The van der Waals surface area contributed by atoms with E-state index >= 15 is 0 Å². The van der Waals surface area contributed by atoms with Gasteiger partial charge in [0.15, 0.2) is 5.76 Å². The Morgan fingerprint density at radius 2 is 1.76 bits per heavy atom. The van der Waals surface area contributed by atoms with E-state index in [1.807, 2.05) is 0 Å². The highest BCUT2D eigenvalue weighted by atomic mass is 79.9. The van der Waals surface area contributed by atoms with Gasteiger partial charge in [-0.2, -0.15) is 0 Å². The quantitative estimate of drug-likeness (QED) is 0.456. The Labute approximate surface area is 183 Å². The molecule has 3 aromatic rings. The highest BCUT2D eigenvalue weighted by Gasteiger charge is 2.19. The average Bonchev–Trinajstić information content (AvgIpc) is 3.22. The summed E-state index contributed by atoms with van der Waals surface area (Å²) in [5.41, 5.74) is 1.17. The Bertz CT molecular complexity index is 1050. The molecule has 0 saturated carbocycles. The molecule has 150 valence electrons. The summed E-state index contributed by atoms with van der Waals surface area (Å²) in [6.45, 7) is 0. The van der Waals surface area contributed by atoms with Crippen molar-refractivity contribution in [2.75, 3.05) is 24.9 Å². The van der Waals surface area contributed by atoms with Crippen molar-refractivity contribution < 1.29 is 23.5 Å². The van der Waals surface area contributed by atoms with Crippen LogP contribution in [0.25, 0.3) is 0 Å². The topological polar surface area (TPSA) is 89.8 Å². The third-order valence-corrected chi connectivity index (χ3v) is 4.95. The fourth-order valence-corrected chi connectivity index (χ4v) is 4.00. The molecule has 0 bridgehead atoms. The first-order valence-corrected chi connectivity index (χ1v) is 9.88. The standard InChI is InChI=1S/C20H16Br2N2O5/c1-27-16-6-5-12(23-20(26)17-4-3-7-29-17)10-15(16)24-19(25)13-8-11(21)9-14(22)18(13)28-2/h3-10H,1-2H3,(H,23,26)(H,24,25). The number of halogens is 2. The van der Waals surface area contributed by atoms with Crippen LogP contribution in [0.3, 0.4) is 0 Å². The summed E-state index contributed by atoms with van der Waals surface area (Å²) in [7, 11) is 2.97. The van der Waals surface area contributed by atoms with E-state index < -0.39 is 11.8 Å². The van der Waals surface area contributed by atoms with Crippen molar-refractivity contribution in [3.8, 4) is 11.5 Å². The van der Waals surface area contributed by atoms with Gasteiger partial charge < -0.3 is 24.5 Å². The molecule has 29 heavy (non-hydrogen) atoms. The smallest absolute Gasteiger partial charge is 0.291 e. The van der Waals surface area contributed by atoms with E-state index in [0.29, 0.717) is 37.4 Å². The van der Waals surface area contributed by atoms with E-state index in [-0.39, 0.29) is 5.76 Å². The van der Waals surface area contributed by atoms with Crippen LogP contribution >= 0.6 is 31.9 Å². The highest BCUT2D eigenvalue weighted by molar-refractivity contribution is 9.11. The molecule has 0 spiro atoms. The number of ether oxygens (including phenoxy) is 2. The number of hydrogen-bond acceptors (Lipinski definition) is 5. The molecule has 0 atom stereocenters. The Kier molecular flexibility index (Phi) is 6.60. The highest BCUT2D eigenvalue weighted by Crippen LogP contribution is 2.34. The summed E-state index contributed by atoms with van der Waals surface area (Å²) in [6, 6.07) is 11.5. The van der Waals surface area contributed by atoms with Crippen LogP contribution in [0, 0.1) is 0 Å². The molecular weight excluding hydrogens is 508 g/mol. The Balaban J connectivity index is 1.88. The molecular formula is C20H16Br2N2O5. The second kappa shape index (κ2) is 9.15. The maximum Gasteiger partial charge on any atom is 0.291 e. The second-order valence-electron chi connectivity index (χ2n) is 5.77. The third-order valence-electron chi connectivity index (χ3n) is 3.91. The van der Waals surface area contributed by atoms with Crippen LogP contribution in [0.15, 0.2) is 62.1 Å². The molecule has 2 aromatic carbocycles. The number of anilines is 2. The molecule has 9 heteroatoms. The van der Waals surface area contributed by atoms with Gasteiger partial charge in [0.1, 0.15) is 11.5 Å². The molecule has 0 aliphatic heterocycles. The van der Waals surface area contributed by atoms with Gasteiger partial charge >= 0.3 is 0 Å². The van der Waals surface area contributed by atoms with Crippen molar-refractivity contribution in [3.05, 3.63) is 69.0 Å². The number of hydrogen-bond donors (Lipinski definition) is 2. The lowest BCUT2D eigenvalue weighted by molar-refractivity contribution is 0.0994. The van der Waals surface area contributed by atoms with Crippen LogP contribution in [0.1, 0.15) is 20.9 Å². The first kappa shape index (κ1) is 20.9. The largest absolute Gasteiger partial charge is 0.495 e. The second-order valence-corrected chi connectivity index (χ2v) is 7.54. The van der Waals surface area contributed by atoms with Crippen LogP contribution < -0.4 is 20.1 Å². The number of methoxy groups -OCH3 is 2. The van der Waals surface area contributed by atoms with Crippen molar-refractivity contribution in [2.24, 2.45) is 0 Å². The van der Waals surface area contributed by atoms with E-state index in [1.54, 1.807) is 42.5 Å². The summed E-state index contributed by atoms with van der Waals surface area (Å²) in [4.78, 5) is 25.1. The van der Waals surface area contributed by atoms with Crippen LogP contribution in [-0.2, 0) is 0 Å². The van der Waals surface area contributed by atoms with Crippen molar-refractivity contribution in [2.45, 2.75) is 0 Å². The first-order valence-electron chi connectivity index (χ1n) is 8.30. The van der Waals surface area contributed by atoms with Gasteiger partial charge in [0, 0.05) is 10.2 Å². The van der Waals surface area contributed by atoms with Crippen molar-refractivity contribution >= 4 is 55.0 Å². The zero-order valence-electron chi connectivity index (χ0n) is 15.4. The monoisotopic (exact) mass is 522 g/mol. The summed E-state index contributed by atoms with van der Waals surface area (Å²) < 4.78 is 17.1. The SMILES string of the molecule is COc1ccc(NC(=O)c2ccco2)cc1NC(=O)c1cc(Br)cc(Br)c1OC. The van der Waals surface area contributed by atoms with Gasteiger partial charge in [-0.1, -0.05) is 15.9 Å². The van der Waals surface area contributed by atoms with Gasteiger partial charge in [0.25, 0.3) is 11.8 Å². The number of furan rings is 1. The Hall–Kier alpha value is -2.78. The van der Waals surface area contributed by atoms with Gasteiger partial charge in [0.2, 0.25) is 0 Å². The predicted octanol–water partition coefficient (Wildman–Crippen LogP) is 5.33. The maximum atomic E-state index is 12.9. The Morgan fingerprint density at radius 3 is 2.41 bits per heavy atom. The molecule has 0 unspecified atom stereocenters. The van der Waals surface area contributed by atoms with E-state index in [9.17, 15) is 9.59 Å². The van der Waals surface area contributed by atoms with Gasteiger partial charge in [-0.25, -0.2) is 0 Å². The Morgan fingerprint density at radius 1 is 0.966 bits per heavy atom. The average molecular weight is 524 g/mol. The van der Waals surface area contributed by atoms with Crippen LogP contribution in [0.4, 0.5) is 11.4 Å². The van der Waals surface area contributed by atoms with Crippen molar-refractivity contribution in [1.29, 1.82) is 0 Å². The summed E-state index contributed by atoms with van der Waals surface area (Å²) in [5, 5.41) is 5.51. The number of carbonyl (C=O) groups excluding carboxylic acids is 2. The molecule has 0 fully saturated rings. The van der Waals surface area contributed by atoms with Crippen LogP contribution in [0.5, 0.6) is 11.5 Å². The van der Waals surface area contributed by atoms with Crippen molar-refractivity contribution in [1.82, 2.24) is 0 Å². The van der Waals surface area contributed by atoms with Gasteiger partial charge in [-0.15, -0.1) is 0 Å². The number of nitrogens with one attached hydrogen (secondary N) is 2. The molecule has 1 aromatic heterocycles. The first-order chi connectivity index (χ1) is 13.9. The molecule has 0 radical (unpaired) electrons. The van der Waals surface area contributed by atoms with Gasteiger partial charge in [0.05, 0.1) is 36.2 Å². The lowest BCUT2D eigenvalue weighted by atomic mass is 10.1. The minimum Gasteiger partial charge on any atom is -0.495 e. The molecule has 0 saturated heterocycles. The van der Waals surface area contributed by atoms with Gasteiger partial charge in [-0.05, 0) is 58.4 Å². The van der Waals surface area contributed by atoms with E-state index in [1.165, 1.54) is 20.5 Å². The molecule has 2 amide bonds. The number of benzene rings is 2. The number of amides is 2. The molecule has 7 nitrogen and oxygen atoms in total. The third kappa shape index (κ3) is 4.80. The van der Waals surface area contributed by atoms with E-state index in [0.717, 1.165) is 0 Å². The van der Waals surface area contributed by atoms with Crippen molar-refractivity contribution in [3.63, 3.8) is 0 Å². The number of rotatable bonds is 6. The zero-order valence-corrected chi connectivity index (χ0v) is 18.6. The minimum atomic E-state index is -0.407. The maximum absolute atomic E-state index is 12.9. The fourth-order valence-electron chi connectivity index (χ4n) is 2.61. The lowest BCUT2D eigenvalue weighted by Gasteiger charge is -2.15. The summed E-state index contributed by atoms with van der Waals surface area (Å²) in [6.07, 6.45) is 1.41. The lowest BCUT2D eigenvalue weighted by Crippen LogP contribution is -2.15. The molecule has 3 rings (SSSR count). The summed E-state index contributed by atoms with van der Waals surface area (Å²) >= 11 is 6.75. The van der Waals surface area contributed by atoms with E-state index in [4.69, 9.17) is 13.9 Å². The van der Waals surface area contributed by atoms with Crippen LogP contribution in [0.2, 0.25) is 0 Å². The molecule has 0 aliphatic carbocycles. The summed E-state index contributed by atoms with van der Waals surface area (Å²) in [5.74, 6) is 0.191. The molecule has 1 heterocycles. The van der Waals surface area contributed by atoms with E-state index in [2.05, 4.69) is 42.5 Å². The van der Waals surface area contributed by atoms with Gasteiger partial charge in [-0.3, -0.25) is 9.59 Å².